The standard InChI is InChI=1S/C17H30F2N2/c1-15(2,3)21-10-8-16(9-11-21)6-4-14(5-7-16)20-12-17(18,19)13-20/h14H,4-13H2,1-3H3. The Morgan fingerprint density at radius 3 is 1.86 bits per heavy atom. The molecule has 0 aromatic rings. The Hall–Kier alpha value is -0.220. The summed E-state index contributed by atoms with van der Waals surface area (Å²) in [6.07, 6.45) is 7.35. The van der Waals surface area contributed by atoms with Crippen LogP contribution in [-0.2, 0) is 0 Å². The van der Waals surface area contributed by atoms with Gasteiger partial charge in [-0.05, 0) is 77.8 Å². The Morgan fingerprint density at radius 2 is 1.43 bits per heavy atom. The number of likely N-dealkylation sites (tertiary alicyclic amines) is 2. The van der Waals surface area contributed by atoms with E-state index >= 15 is 0 Å². The molecule has 1 saturated carbocycles. The van der Waals surface area contributed by atoms with Gasteiger partial charge in [0.25, 0.3) is 5.92 Å². The SMILES string of the molecule is CC(C)(C)N1CCC2(CCC(N3CC(F)(F)C3)CC2)CC1. The highest BCUT2D eigenvalue weighted by atomic mass is 19.3. The molecule has 3 rings (SSSR count). The fraction of sp³-hybridized carbons (Fsp3) is 1.00. The number of halogens is 2. The van der Waals surface area contributed by atoms with E-state index in [0.29, 0.717) is 11.5 Å². The first-order chi connectivity index (χ1) is 9.69. The molecule has 122 valence electrons. The van der Waals surface area contributed by atoms with Crippen LogP contribution in [0.4, 0.5) is 8.78 Å². The van der Waals surface area contributed by atoms with Gasteiger partial charge in [0.15, 0.2) is 0 Å². The predicted octanol–water partition coefficient (Wildman–Crippen LogP) is 3.76. The summed E-state index contributed by atoms with van der Waals surface area (Å²) >= 11 is 0. The van der Waals surface area contributed by atoms with Crippen LogP contribution in [0.3, 0.4) is 0 Å². The quantitative estimate of drug-likeness (QED) is 0.727. The fourth-order valence-electron chi connectivity index (χ4n) is 4.54. The number of piperidine rings is 1. The maximum Gasteiger partial charge on any atom is 0.272 e. The Labute approximate surface area is 127 Å². The van der Waals surface area contributed by atoms with Crippen LogP contribution in [-0.4, -0.2) is 53.5 Å². The van der Waals surface area contributed by atoms with Crippen molar-refractivity contribution in [1.82, 2.24) is 9.80 Å². The minimum absolute atomic E-state index is 0.00245. The van der Waals surface area contributed by atoms with Crippen LogP contribution >= 0.6 is 0 Å². The predicted molar refractivity (Wildman–Crippen MR) is 81.8 cm³/mol. The molecule has 0 amide bonds. The van der Waals surface area contributed by atoms with Gasteiger partial charge >= 0.3 is 0 Å². The second kappa shape index (κ2) is 5.16. The minimum Gasteiger partial charge on any atom is -0.298 e. The molecule has 2 aliphatic heterocycles. The molecule has 2 nitrogen and oxygen atoms in total. The van der Waals surface area contributed by atoms with Crippen molar-refractivity contribution in [1.29, 1.82) is 0 Å². The molecule has 2 heterocycles. The van der Waals surface area contributed by atoms with Crippen LogP contribution in [0.1, 0.15) is 59.3 Å². The van der Waals surface area contributed by atoms with Crippen molar-refractivity contribution in [3.8, 4) is 0 Å². The minimum atomic E-state index is -2.41. The summed E-state index contributed by atoms with van der Waals surface area (Å²) in [5.41, 5.74) is 0.799. The van der Waals surface area contributed by atoms with Crippen LogP contribution in [0, 0.1) is 5.41 Å². The van der Waals surface area contributed by atoms with Crippen molar-refractivity contribution in [3.05, 3.63) is 0 Å². The molecule has 0 N–H and O–H groups in total. The van der Waals surface area contributed by atoms with Crippen molar-refractivity contribution in [2.24, 2.45) is 5.41 Å². The van der Waals surface area contributed by atoms with E-state index in [-0.39, 0.29) is 18.6 Å². The van der Waals surface area contributed by atoms with E-state index in [4.69, 9.17) is 0 Å². The highest BCUT2D eigenvalue weighted by Gasteiger charge is 2.48. The molecule has 1 aliphatic carbocycles. The van der Waals surface area contributed by atoms with Crippen molar-refractivity contribution >= 4 is 0 Å². The number of hydrogen-bond donors (Lipinski definition) is 0. The van der Waals surface area contributed by atoms with Gasteiger partial charge in [0.1, 0.15) is 0 Å². The van der Waals surface area contributed by atoms with Gasteiger partial charge in [-0.2, -0.15) is 0 Å². The normalized spacial score (nSPS) is 31.3. The molecule has 0 radical (unpaired) electrons. The van der Waals surface area contributed by atoms with Gasteiger partial charge < -0.3 is 0 Å². The lowest BCUT2D eigenvalue weighted by molar-refractivity contribution is -0.154. The fourth-order valence-corrected chi connectivity index (χ4v) is 4.54. The molecule has 0 atom stereocenters. The van der Waals surface area contributed by atoms with Crippen LogP contribution < -0.4 is 0 Å². The van der Waals surface area contributed by atoms with E-state index in [1.165, 1.54) is 38.8 Å². The van der Waals surface area contributed by atoms with E-state index in [2.05, 4.69) is 25.7 Å². The summed E-state index contributed by atoms with van der Waals surface area (Å²) in [5.74, 6) is -2.41. The second-order valence-corrected chi connectivity index (χ2v) is 8.65. The third-order valence-corrected chi connectivity index (χ3v) is 6.17. The lowest BCUT2D eigenvalue weighted by atomic mass is 9.66. The zero-order valence-corrected chi connectivity index (χ0v) is 13.8. The van der Waals surface area contributed by atoms with Crippen LogP contribution in [0.2, 0.25) is 0 Å². The van der Waals surface area contributed by atoms with Gasteiger partial charge in [-0.25, -0.2) is 8.78 Å². The van der Waals surface area contributed by atoms with Crippen LogP contribution in [0.15, 0.2) is 0 Å². The summed E-state index contributed by atoms with van der Waals surface area (Å²) in [4.78, 5) is 4.61. The lowest BCUT2D eigenvalue weighted by Gasteiger charge is -2.52. The second-order valence-electron chi connectivity index (χ2n) is 8.65. The van der Waals surface area contributed by atoms with E-state index < -0.39 is 5.92 Å². The molecule has 3 aliphatic rings. The molecule has 4 heteroatoms. The van der Waals surface area contributed by atoms with E-state index in [9.17, 15) is 8.78 Å². The third-order valence-electron chi connectivity index (χ3n) is 6.17. The zero-order chi connectivity index (χ0) is 15.3. The summed E-state index contributed by atoms with van der Waals surface area (Å²) in [6.45, 7) is 9.31. The molecular formula is C17H30F2N2. The van der Waals surface area contributed by atoms with Gasteiger partial charge in [0.05, 0.1) is 13.1 Å². The van der Waals surface area contributed by atoms with Gasteiger partial charge in [0.2, 0.25) is 0 Å². The summed E-state index contributed by atoms with van der Waals surface area (Å²) < 4.78 is 26.0. The van der Waals surface area contributed by atoms with Gasteiger partial charge in [0, 0.05) is 11.6 Å². The van der Waals surface area contributed by atoms with Gasteiger partial charge in [-0.3, -0.25) is 9.80 Å². The molecule has 0 bridgehead atoms. The van der Waals surface area contributed by atoms with E-state index in [1.807, 2.05) is 4.90 Å². The van der Waals surface area contributed by atoms with E-state index in [1.54, 1.807) is 0 Å². The highest BCUT2D eigenvalue weighted by molar-refractivity contribution is 4.98. The number of rotatable bonds is 1. The highest BCUT2D eigenvalue weighted by Crippen LogP contribution is 2.47. The van der Waals surface area contributed by atoms with Gasteiger partial charge in [-0.15, -0.1) is 0 Å². The summed E-state index contributed by atoms with van der Waals surface area (Å²) in [5, 5.41) is 0. The lowest BCUT2D eigenvalue weighted by Crippen LogP contribution is -2.61. The maximum absolute atomic E-state index is 13.0. The Balaban J connectivity index is 1.48. The molecule has 0 aromatic carbocycles. The molecule has 3 fully saturated rings. The average Bonchev–Trinajstić information content (AvgIpc) is 2.36. The number of alkyl halides is 2. The first-order valence-corrected chi connectivity index (χ1v) is 8.56. The molecule has 0 unspecified atom stereocenters. The molecule has 2 saturated heterocycles. The van der Waals surface area contributed by atoms with E-state index in [0.717, 1.165) is 12.8 Å². The summed E-state index contributed by atoms with van der Waals surface area (Å²) in [7, 11) is 0. The molecule has 0 aromatic heterocycles. The van der Waals surface area contributed by atoms with Crippen molar-refractivity contribution in [3.63, 3.8) is 0 Å². The maximum atomic E-state index is 13.0. The number of hydrogen-bond acceptors (Lipinski definition) is 2. The van der Waals surface area contributed by atoms with Crippen molar-refractivity contribution < 1.29 is 8.78 Å². The topological polar surface area (TPSA) is 6.48 Å². The average molecular weight is 300 g/mol. The Kier molecular flexibility index (Phi) is 3.85. The van der Waals surface area contributed by atoms with Gasteiger partial charge in [-0.1, -0.05) is 0 Å². The number of nitrogens with zero attached hydrogens (tertiary/aromatic N) is 2. The smallest absolute Gasteiger partial charge is 0.272 e. The van der Waals surface area contributed by atoms with Crippen molar-refractivity contribution in [2.45, 2.75) is 76.8 Å². The third kappa shape index (κ3) is 3.26. The molecule has 1 spiro atoms. The van der Waals surface area contributed by atoms with Crippen molar-refractivity contribution in [2.75, 3.05) is 26.2 Å². The first-order valence-electron chi connectivity index (χ1n) is 8.56. The van der Waals surface area contributed by atoms with Crippen LogP contribution in [0.5, 0.6) is 0 Å². The first kappa shape index (κ1) is 15.7. The Morgan fingerprint density at radius 1 is 0.905 bits per heavy atom. The summed E-state index contributed by atoms with van der Waals surface area (Å²) in [6, 6.07) is 0.427. The molecule has 21 heavy (non-hydrogen) atoms. The Bertz CT molecular complexity index is 363. The van der Waals surface area contributed by atoms with Crippen LogP contribution in [0.25, 0.3) is 0 Å². The molecular weight excluding hydrogens is 270 g/mol. The zero-order valence-electron chi connectivity index (χ0n) is 13.8. The monoisotopic (exact) mass is 300 g/mol. The largest absolute Gasteiger partial charge is 0.298 e.